The Morgan fingerprint density at radius 1 is 1.16 bits per heavy atom. The van der Waals surface area contributed by atoms with E-state index in [-0.39, 0.29) is 23.8 Å². The number of nitrogens with two attached hydrogens (primary N) is 1. The van der Waals surface area contributed by atoms with Crippen molar-refractivity contribution in [3.8, 4) is 0 Å². The van der Waals surface area contributed by atoms with E-state index in [9.17, 15) is 9.59 Å². The third-order valence-electron chi connectivity index (χ3n) is 3.94. The van der Waals surface area contributed by atoms with Crippen molar-refractivity contribution in [2.75, 3.05) is 13.1 Å². The molecule has 2 atom stereocenters. The first-order valence-electron chi connectivity index (χ1n) is 7.17. The highest BCUT2D eigenvalue weighted by Crippen LogP contribution is 2.18. The van der Waals surface area contributed by atoms with Crippen molar-refractivity contribution in [2.45, 2.75) is 52.6 Å². The number of nitrogens with one attached hydrogen (secondary N) is 1. The van der Waals surface area contributed by atoms with Gasteiger partial charge in [-0.1, -0.05) is 13.8 Å². The molecule has 19 heavy (non-hydrogen) atoms. The van der Waals surface area contributed by atoms with E-state index in [0.717, 1.165) is 12.8 Å². The van der Waals surface area contributed by atoms with Gasteiger partial charge in [0.05, 0.1) is 6.04 Å². The van der Waals surface area contributed by atoms with Crippen LogP contribution in [0.15, 0.2) is 0 Å². The van der Waals surface area contributed by atoms with Gasteiger partial charge in [0.15, 0.2) is 0 Å². The van der Waals surface area contributed by atoms with E-state index in [1.165, 1.54) is 0 Å². The number of carbonyl (C=O) groups excluding carboxylic acids is 2. The summed E-state index contributed by atoms with van der Waals surface area (Å²) < 4.78 is 0. The Morgan fingerprint density at radius 2 is 1.68 bits per heavy atom. The highest BCUT2D eigenvalue weighted by molar-refractivity contribution is 5.82. The lowest BCUT2D eigenvalue weighted by Gasteiger charge is -2.33. The molecule has 1 heterocycles. The molecule has 0 aromatic carbocycles. The molecule has 1 saturated heterocycles. The number of rotatable bonds is 4. The Morgan fingerprint density at radius 3 is 2.11 bits per heavy atom. The Kier molecular flexibility index (Phi) is 5.79. The minimum Gasteiger partial charge on any atom is -0.353 e. The molecule has 1 unspecified atom stereocenters. The van der Waals surface area contributed by atoms with Gasteiger partial charge in [0.2, 0.25) is 11.8 Å². The normalized spacial score (nSPS) is 20.2. The van der Waals surface area contributed by atoms with Crippen LogP contribution in [0.4, 0.5) is 0 Å². The van der Waals surface area contributed by atoms with Crippen molar-refractivity contribution in [2.24, 2.45) is 17.6 Å². The average Bonchev–Trinajstić information content (AvgIpc) is 2.37. The second-order valence-corrected chi connectivity index (χ2v) is 5.93. The summed E-state index contributed by atoms with van der Waals surface area (Å²) in [4.78, 5) is 25.6. The monoisotopic (exact) mass is 269 g/mol. The van der Waals surface area contributed by atoms with E-state index in [4.69, 9.17) is 5.73 Å². The predicted octanol–water partition coefficient (Wildman–Crippen LogP) is 0.733. The molecule has 5 nitrogen and oxygen atoms in total. The molecule has 110 valence electrons. The van der Waals surface area contributed by atoms with E-state index in [1.54, 1.807) is 11.8 Å². The summed E-state index contributed by atoms with van der Waals surface area (Å²) in [5.41, 5.74) is 5.59. The van der Waals surface area contributed by atoms with Gasteiger partial charge in [-0.25, -0.2) is 0 Å². The summed E-state index contributed by atoms with van der Waals surface area (Å²) in [5, 5.41) is 3.05. The van der Waals surface area contributed by atoms with Gasteiger partial charge in [0.25, 0.3) is 0 Å². The quantitative estimate of drug-likeness (QED) is 0.790. The molecular formula is C14H27N3O2. The number of carbonyl (C=O) groups is 2. The van der Waals surface area contributed by atoms with Crippen molar-refractivity contribution < 1.29 is 9.59 Å². The maximum absolute atomic E-state index is 12.1. The van der Waals surface area contributed by atoms with Gasteiger partial charge in [-0.15, -0.1) is 0 Å². The summed E-state index contributed by atoms with van der Waals surface area (Å²) in [6.07, 6.45) is 1.46. The van der Waals surface area contributed by atoms with Gasteiger partial charge in [-0.2, -0.15) is 0 Å². The molecule has 0 aromatic rings. The number of hydrogen-bond acceptors (Lipinski definition) is 3. The first-order chi connectivity index (χ1) is 8.82. The van der Waals surface area contributed by atoms with E-state index in [1.807, 2.05) is 6.92 Å². The lowest BCUT2D eigenvalue weighted by molar-refractivity contribution is -0.136. The summed E-state index contributed by atoms with van der Waals surface area (Å²) >= 11 is 0. The zero-order valence-corrected chi connectivity index (χ0v) is 12.5. The third-order valence-corrected chi connectivity index (χ3v) is 3.94. The fraction of sp³-hybridized carbons (Fsp3) is 0.857. The number of piperidine rings is 1. The molecule has 2 amide bonds. The van der Waals surface area contributed by atoms with Crippen molar-refractivity contribution in [1.29, 1.82) is 0 Å². The van der Waals surface area contributed by atoms with Gasteiger partial charge >= 0.3 is 0 Å². The zero-order valence-electron chi connectivity index (χ0n) is 12.5. The molecule has 0 bridgehead atoms. The van der Waals surface area contributed by atoms with Crippen LogP contribution in [0.2, 0.25) is 0 Å². The van der Waals surface area contributed by atoms with Gasteiger partial charge < -0.3 is 16.0 Å². The van der Waals surface area contributed by atoms with Gasteiger partial charge in [0.1, 0.15) is 0 Å². The van der Waals surface area contributed by atoms with Gasteiger partial charge in [-0.3, -0.25) is 9.59 Å². The molecule has 1 fully saturated rings. The van der Waals surface area contributed by atoms with Crippen molar-refractivity contribution in [1.82, 2.24) is 10.2 Å². The van der Waals surface area contributed by atoms with Crippen LogP contribution in [0.1, 0.15) is 40.5 Å². The van der Waals surface area contributed by atoms with E-state index in [0.29, 0.717) is 19.0 Å². The van der Waals surface area contributed by atoms with Crippen molar-refractivity contribution >= 4 is 11.8 Å². The van der Waals surface area contributed by atoms with Crippen LogP contribution >= 0.6 is 0 Å². The fourth-order valence-electron chi connectivity index (χ4n) is 2.16. The molecule has 5 heteroatoms. The molecule has 1 aliphatic heterocycles. The van der Waals surface area contributed by atoms with Crippen LogP contribution in [0.5, 0.6) is 0 Å². The highest BCUT2D eigenvalue weighted by Gasteiger charge is 2.29. The first-order valence-corrected chi connectivity index (χ1v) is 7.17. The van der Waals surface area contributed by atoms with Gasteiger partial charge in [-0.05, 0) is 32.6 Å². The fourth-order valence-corrected chi connectivity index (χ4v) is 2.16. The molecule has 1 rings (SSSR count). The smallest absolute Gasteiger partial charge is 0.239 e. The Bertz CT molecular complexity index is 321. The SMILES string of the molecule is CC(C)C(C)NC(=O)C1CCN(C(=O)[C@@H](C)N)CC1. The van der Waals surface area contributed by atoms with Gasteiger partial charge in [0, 0.05) is 25.0 Å². The van der Waals surface area contributed by atoms with Crippen LogP contribution in [0.25, 0.3) is 0 Å². The molecular weight excluding hydrogens is 242 g/mol. The Labute approximate surface area is 115 Å². The van der Waals surface area contributed by atoms with Crippen molar-refractivity contribution in [3.63, 3.8) is 0 Å². The molecule has 3 N–H and O–H groups in total. The highest BCUT2D eigenvalue weighted by atomic mass is 16.2. The Hall–Kier alpha value is -1.10. The minimum atomic E-state index is -0.452. The summed E-state index contributed by atoms with van der Waals surface area (Å²) in [7, 11) is 0. The first kappa shape index (κ1) is 16.0. The second-order valence-electron chi connectivity index (χ2n) is 5.93. The lowest BCUT2D eigenvalue weighted by atomic mass is 9.94. The topological polar surface area (TPSA) is 75.4 Å². The van der Waals surface area contributed by atoms with Crippen LogP contribution in [-0.4, -0.2) is 41.9 Å². The minimum absolute atomic E-state index is 0.0191. The molecule has 0 radical (unpaired) electrons. The third kappa shape index (κ3) is 4.49. The largest absolute Gasteiger partial charge is 0.353 e. The molecule has 0 aliphatic carbocycles. The van der Waals surface area contributed by atoms with Crippen LogP contribution in [0, 0.1) is 11.8 Å². The standard InChI is InChI=1S/C14H27N3O2/c1-9(2)11(4)16-13(18)12-5-7-17(8-6-12)14(19)10(3)15/h9-12H,5-8,15H2,1-4H3,(H,16,18)/t10-,11?/m1/s1. The van der Waals surface area contributed by atoms with E-state index in [2.05, 4.69) is 19.2 Å². The number of nitrogens with zero attached hydrogens (tertiary/aromatic N) is 1. The number of amides is 2. The molecule has 0 saturated carbocycles. The van der Waals surface area contributed by atoms with E-state index >= 15 is 0 Å². The molecule has 1 aliphatic rings. The summed E-state index contributed by atoms with van der Waals surface area (Å²) in [5.74, 6) is 0.561. The maximum atomic E-state index is 12.1. The second kappa shape index (κ2) is 6.89. The number of likely N-dealkylation sites (tertiary alicyclic amines) is 1. The summed E-state index contributed by atoms with van der Waals surface area (Å²) in [6.45, 7) is 9.18. The van der Waals surface area contributed by atoms with Crippen LogP contribution < -0.4 is 11.1 Å². The molecule has 0 aromatic heterocycles. The average molecular weight is 269 g/mol. The van der Waals surface area contributed by atoms with E-state index < -0.39 is 6.04 Å². The maximum Gasteiger partial charge on any atom is 0.239 e. The lowest BCUT2D eigenvalue weighted by Crippen LogP contribution is -2.49. The number of hydrogen-bond donors (Lipinski definition) is 2. The van der Waals surface area contributed by atoms with Crippen LogP contribution in [0.3, 0.4) is 0 Å². The predicted molar refractivity (Wildman–Crippen MR) is 75.4 cm³/mol. The van der Waals surface area contributed by atoms with Crippen LogP contribution in [-0.2, 0) is 9.59 Å². The Balaban J connectivity index is 2.41. The summed E-state index contributed by atoms with van der Waals surface area (Å²) in [6, 6.07) is -0.262. The van der Waals surface area contributed by atoms with Crippen molar-refractivity contribution in [3.05, 3.63) is 0 Å². The molecule has 0 spiro atoms. The zero-order chi connectivity index (χ0) is 14.6.